The van der Waals surface area contributed by atoms with E-state index in [4.69, 9.17) is 0 Å². The molecule has 2 aromatic heterocycles. The van der Waals surface area contributed by atoms with E-state index < -0.39 is 11.7 Å². The Morgan fingerprint density at radius 3 is 2.54 bits per heavy atom. The number of anilines is 1. The largest absolute Gasteiger partial charge is 0.417 e. The van der Waals surface area contributed by atoms with Crippen LogP contribution in [0.25, 0.3) is 0 Å². The van der Waals surface area contributed by atoms with Crippen molar-refractivity contribution in [2.75, 3.05) is 18.0 Å². The molecule has 2 aromatic rings. The zero-order chi connectivity index (χ0) is 17.2. The van der Waals surface area contributed by atoms with Crippen molar-refractivity contribution in [2.45, 2.75) is 25.1 Å². The van der Waals surface area contributed by atoms with Gasteiger partial charge in [-0.2, -0.15) is 13.2 Å². The lowest BCUT2D eigenvalue weighted by Crippen LogP contribution is -2.44. The number of amides is 1. The van der Waals surface area contributed by atoms with Gasteiger partial charge in [0.1, 0.15) is 5.82 Å². The third-order valence-electron chi connectivity index (χ3n) is 3.97. The van der Waals surface area contributed by atoms with E-state index >= 15 is 0 Å². The van der Waals surface area contributed by atoms with Crippen molar-refractivity contribution < 1.29 is 18.0 Å². The second-order valence-corrected chi connectivity index (χ2v) is 6.56. The fourth-order valence-electron chi connectivity index (χ4n) is 2.66. The van der Waals surface area contributed by atoms with Gasteiger partial charge in [0.15, 0.2) is 0 Å². The van der Waals surface area contributed by atoms with Crippen LogP contribution in [0.5, 0.6) is 0 Å². The zero-order valence-electron chi connectivity index (χ0n) is 12.7. The number of alkyl halides is 3. The highest BCUT2D eigenvalue weighted by atomic mass is 32.1. The van der Waals surface area contributed by atoms with Crippen LogP contribution < -0.4 is 10.2 Å². The summed E-state index contributed by atoms with van der Waals surface area (Å²) in [6.45, 7) is 1.29. The van der Waals surface area contributed by atoms with Gasteiger partial charge in [0.2, 0.25) is 0 Å². The molecule has 1 saturated heterocycles. The van der Waals surface area contributed by atoms with Crippen molar-refractivity contribution in [2.24, 2.45) is 0 Å². The smallest absolute Gasteiger partial charge is 0.356 e. The minimum absolute atomic E-state index is 0.0731. The molecule has 0 unspecified atom stereocenters. The first kappa shape index (κ1) is 16.8. The third kappa shape index (κ3) is 3.87. The molecular weight excluding hydrogens is 339 g/mol. The van der Waals surface area contributed by atoms with Crippen LogP contribution in [-0.2, 0) is 6.18 Å². The lowest BCUT2D eigenvalue weighted by Gasteiger charge is -2.33. The zero-order valence-corrected chi connectivity index (χ0v) is 13.5. The molecule has 0 radical (unpaired) electrons. The van der Waals surface area contributed by atoms with E-state index in [0.717, 1.165) is 25.1 Å². The Kier molecular flexibility index (Phi) is 4.75. The Morgan fingerprint density at radius 2 is 2.00 bits per heavy atom. The number of aromatic nitrogens is 1. The van der Waals surface area contributed by atoms with Gasteiger partial charge in [-0.05, 0) is 36.4 Å². The van der Waals surface area contributed by atoms with Crippen molar-refractivity contribution in [3.8, 4) is 0 Å². The average molecular weight is 355 g/mol. The molecule has 0 saturated carbocycles. The van der Waals surface area contributed by atoms with E-state index in [2.05, 4.69) is 10.3 Å². The van der Waals surface area contributed by atoms with Crippen molar-refractivity contribution in [3.63, 3.8) is 0 Å². The number of carbonyl (C=O) groups excluding carboxylic acids is 1. The Bertz CT molecular complexity index is 678. The maximum atomic E-state index is 12.6. The fraction of sp³-hybridized carbons (Fsp3) is 0.375. The van der Waals surface area contributed by atoms with E-state index in [-0.39, 0.29) is 11.9 Å². The van der Waals surface area contributed by atoms with E-state index in [1.54, 1.807) is 6.07 Å². The number of hydrogen-bond donors (Lipinski definition) is 1. The monoisotopic (exact) mass is 355 g/mol. The highest BCUT2D eigenvalue weighted by Crippen LogP contribution is 2.29. The number of nitrogens with zero attached hydrogens (tertiary/aromatic N) is 2. The second kappa shape index (κ2) is 6.80. The molecule has 1 aliphatic heterocycles. The summed E-state index contributed by atoms with van der Waals surface area (Å²) in [5, 5.41) is 4.85. The summed E-state index contributed by atoms with van der Waals surface area (Å²) in [5.41, 5.74) is -0.746. The Morgan fingerprint density at radius 1 is 1.25 bits per heavy atom. The van der Waals surface area contributed by atoms with Crippen molar-refractivity contribution in [3.05, 3.63) is 46.3 Å². The van der Waals surface area contributed by atoms with Crippen LogP contribution in [0.1, 0.15) is 28.1 Å². The molecule has 1 N–H and O–H groups in total. The molecule has 0 atom stereocenters. The molecule has 3 heterocycles. The summed E-state index contributed by atoms with van der Waals surface area (Å²) in [7, 11) is 0. The molecule has 1 aliphatic rings. The van der Waals surface area contributed by atoms with Crippen LogP contribution in [-0.4, -0.2) is 30.0 Å². The quantitative estimate of drug-likeness (QED) is 0.916. The van der Waals surface area contributed by atoms with Gasteiger partial charge in [0, 0.05) is 25.3 Å². The molecule has 4 nitrogen and oxygen atoms in total. The maximum Gasteiger partial charge on any atom is 0.417 e. The molecule has 0 spiro atoms. The molecule has 24 heavy (non-hydrogen) atoms. The Hall–Kier alpha value is -2.09. The van der Waals surface area contributed by atoms with Crippen LogP contribution in [0.2, 0.25) is 0 Å². The lowest BCUT2D eigenvalue weighted by atomic mass is 10.0. The molecule has 3 rings (SSSR count). The number of rotatable bonds is 3. The van der Waals surface area contributed by atoms with Gasteiger partial charge in [-0.15, -0.1) is 11.3 Å². The Labute approximate surface area is 141 Å². The number of hydrogen-bond acceptors (Lipinski definition) is 4. The first-order valence-corrected chi connectivity index (χ1v) is 8.44. The van der Waals surface area contributed by atoms with E-state index in [0.29, 0.717) is 23.8 Å². The third-order valence-corrected chi connectivity index (χ3v) is 4.84. The molecule has 1 fully saturated rings. The standard InChI is InChI=1S/C16H16F3N3OS/c17-16(18,19)11-3-4-14(20-10-11)22-7-5-12(6-8-22)21-15(23)13-2-1-9-24-13/h1-4,9-10,12H,5-8H2,(H,21,23). The predicted octanol–water partition coefficient (Wildman–Crippen LogP) is 3.56. The number of carbonyl (C=O) groups is 1. The van der Waals surface area contributed by atoms with Crippen LogP contribution in [0, 0.1) is 0 Å². The van der Waals surface area contributed by atoms with Gasteiger partial charge in [-0.25, -0.2) is 4.98 Å². The number of nitrogens with one attached hydrogen (secondary N) is 1. The van der Waals surface area contributed by atoms with Crippen LogP contribution in [0.3, 0.4) is 0 Å². The summed E-state index contributed by atoms with van der Waals surface area (Å²) in [6.07, 6.45) is -2.04. The van der Waals surface area contributed by atoms with Crippen LogP contribution in [0.4, 0.5) is 19.0 Å². The van der Waals surface area contributed by atoms with Crippen LogP contribution >= 0.6 is 11.3 Å². The lowest BCUT2D eigenvalue weighted by molar-refractivity contribution is -0.137. The number of piperidine rings is 1. The molecule has 8 heteroatoms. The van der Waals surface area contributed by atoms with Gasteiger partial charge in [-0.3, -0.25) is 4.79 Å². The highest BCUT2D eigenvalue weighted by molar-refractivity contribution is 7.12. The van der Waals surface area contributed by atoms with Crippen molar-refractivity contribution in [1.82, 2.24) is 10.3 Å². The average Bonchev–Trinajstić information content (AvgIpc) is 3.09. The second-order valence-electron chi connectivity index (χ2n) is 5.61. The van der Waals surface area contributed by atoms with Crippen molar-refractivity contribution >= 4 is 23.1 Å². The molecule has 0 bridgehead atoms. The SMILES string of the molecule is O=C(NC1CCN(c2ccc(C(F)(F)F)cn2)CC1)c1cccs1. The van der Waals surface area contributed by atoms with Gasteiger partial charge < -0.3 is 10.2 Å². The van der Waals surface area contributed by atoms with Gasteiger partial charge in [0.25, 0.3) is 5.91 Å². The topological polar surface area (TPSA) is 45.2 Å². The van der Waals surface area contributed by atoms with E-state index in [1.807, 2.05) is 16.3 Å². The first-order chi connectivity index (χ1) is 11.4. The molecular formula is C16H16F3N3OS. The number of halogens is 3. The Balaban J connectivity index is 1.54. The highest BCUT2D eigenvalue weighted by Gasteiger charge is 2.31. The molecule has 128 valence electrons. The van der Waals surface area contributed by atoms with Gasteiger partial charge >= 0.3 is 6.18 Å². The van der Waals surface area contributed by atoms with Gasteiger partial charge in [-0.1, -0.05) is 6.07 Å². The number of thiophene rings is 1. The predicted molar refractivity (Wildman–Crippen MR) is 86.3 cm³/mol. The minimum Gasteiger partial charge on any atom is -0.356 e. The number of pyridine rings is 1. The molecule has 1 amide bonds. The molecule has 0 aliphatic carbocycles. The molecule has 0 aromatic carbocycles. The summed E-state index contributed by atoms with van der Waals surface area (Å²) < 4.78 is 37.7. The minimum atomic E-state index is -4.37. The normalized spacial score (nSPS) is 16.2. The van der Waals surface area contributed by atoms with Crippen molar-refractivity contribution in [1.29, 1.82) is 0 Å². The van der Waals surface area contributed by atoms with E-state index in [1.165, 1.54) is 17.4 Å². The van der Waals surface area contributed by atoms with Gasteiger partial charge in [0.05, 0.1) is 10.4 Å². The maximum absolute atomic E-state index is 12.6. The summed E-state index contributed by atoms with van der Waals surface area (Å²) >= 11 is 1.40. The summed E-state index contributed by atoms with van der Waals surface area (Å²) in [6, 6.07) is 6.13. The first-order valence-electron chi connectivity index (χ1n) is 7.56. The summed E-state index contributed by atoms with van der Waals surface area (Å²) in [5.74, 6) is 0.460. The van der Waals surface area contributed by atoms with Crippen LogP contribution in [0.15, 0.2) is 35.8 Å². The van der Waals surface area contributed by atoms with E-state index in [9.17, 15) is 18.0 Å². The summed E-state index contributed by atoms with van der Waals surface area (Å²) in [4.78, 5) is 18.6. The fourth-order valence-corrected chi connectivity index (χ4v) is 3.28.